The van der Waals surface area contributed by atoms with Crippen molar-refractivity contribution in [2.24, 2.45) is 11.8 Å². The number of halogens is 2. The molecule has 0 radical (unpaired) electrons. The van der Waals surface area contributed by atoms with Gasteiger partial charge in [-0.3, -0.25) is 0 Å². The van der Waals surface area contributed by atoms with Crippen LogP contribution in [0.3, 0.4) is 0 Å². The minimum Gasteiger partial charge on any atom is -0.146 e. The molecule has 0 saturated heterocycles. The summed E-state index contributed by atoms with van der Waals surface area (Å²) in [5.74, 6) is 1.63. The fourth-order valence-corrected chi connectivity index (χ4v) is 5.65. The fraction of sp³-hybridized carbons (Fsp3) is 1.00. The molecule has 0 spiro atoms. The van der Waals surface area contributed by atoms with E-state index in [1.807, 2.05) is 0 Å². The van der Waals surface area contributed by atoms with Gasteiger partial charge in [0, 0.05) is 0 Å². The molecule has 0 nitrogen and oxygen atoms in total. The Kier molecular flexibility index (Phi) is 9.26. The van der Waals surface area contributed by atoms with Gasteiger partial charge < -0.3 is 0 Å². The first-order valence-corrected chi connectivity index (χ1v) is 11.2. The van der Waals surface area contributed by atoms with Crippen molar-refractivity contribution in [1.82, 2.24) is 0 Å². The van der Waals surface area contributed by atoms with Crippen LogP contribution in [0.2, 0.25) is 12.1 Å². The minimum absolute atomic E-state index is 0.792. The van der Waals surface area contributed by atoms with Gasteiger partial charge >= 0.3 is 0 Å². The predicted octanol–water partition coefficient (Wildman–Crippen LogP) is 6.17. The van der Waals surface area contributed by atoms with Gasteiger partial charge in [-0.15, -0.1) is 22.2 Å². The predicted molar refractivity (Wildman–Crippen MR) is 79.8 cm³/mol. The molecule has 0 amide bonds. The van der Waals surface area contributed by atoms with Gasteiger partial charge in [-0.2, -0.15) is 0 Å². The van der Waals surface area contributed by atoms with Crippen LogP contribution in [0.25, 0.3) is 0 Å². The van der Waals surface area contributed by atoms with E-state index in [1.54, 1.807) is 0 Å². The van der Waals surface area contributed by atoms with Crippen LogP contribution in [0.1, 0.15) is 59.8 Å². The topological polar surface area (TPSA) is 0 Å². The molecule has 0 aliphatic carbocycles. The van der Waals surface area contributed by atoms with Crippen molar-refractivity contribution in [2.75, 3.05) is 0 Å². The highest BCUT2D eigenvalue weighted by Crippen LogP contribution is 2.31. The quantitative estimate of drug-likeness (QED) is 0.350. The first kappa shape index (κ1) is 16.8. The highest BCUT2D eigenvalue weighted by molar-refractivity contribution is 7.45. The van der Waals surface area contributed by atoms with Crippen molar-refractivity contribution in [3.63, 3.8) is 0 Å². The molecule has 0 aromatic carbocycles. The summed E-state index contributed by atoms with van der Waals surface area (Å²) >= 11 is 12.7. The van der Waals surface area contributed by atoms with E-state index in [4.69, 9.17) is 22.2 Å². The Labute approximate surface area is 113 Å². The highest BCUT2D eigenvalue weighted by Gasteiger charge is 2.27. The molecule has 3 heteroatoms. The van der Waals surface area contributed by atoms with Crippen molar-refractivity contribution in [3.05, 3.63) is 0 Å². The van der Waals surface area contributed by atoms with E-state index >= 15 is 0 Å². The molecule has 0 unspecified atom stereocenters. The van der Waals surface area contributed by atoms with Gasteiger partial charge in [-0.05, 0) is 23.9 Å². The lowest BCUT2D eigenvalue weighted by Gasteiger charge is -2.18. The van der Waals surface area contributed by atoms with Gasteiger partial charge in [0.15, 0.2) is 0 Å². The molecule has 0 N–H and O–H groups in total. The summed E-state index contributed by atoms with van der Waals surface area (Å²) in [4.78, 5) is 0. The van der Waals surface area contributed by atoms with Crippen LogP contribution < -0.4 is 0 Å². The normalized spacial score (nSPS) is 14.4. The minimum atomic E-state index is -1.88. The zero-order valence-corrected chi connectivity index (χ0v) is 13.9. The Hall–Kier alpha value is 0.797. The maximum absolute atomic E-state index is 6.37. The van der Waals surface area contributed by atoms with Crippen molar-refractivity contribution in [2.45, 2.75) is 71.9 Å². The van der Waals surface area contributed by atoms with Gasteiger partial charge in [-0.25, -0.2) is 0 Å². The van der Waals surface area contributed by atoms with Gasteiger partial charge in [0.05, 0.1) is 0 Å². The molecule has 0 fully saturated rings. The maximum Gasteiger partial charge on any atom is 0.251 e. The molecule has 0 aliphatic heterocycles. The molecule has 16 heavy (non-hydrogen) atoms. The standard InChI is InChI=1S/C13H28Cl2Si/c1-5-10-16(14,15)11-9-13(4)8-6-7-12(2)3/h12-13H,5-11H2,1-4H3/t13-/m0/s1. The van der Waals surface area contributed by atoms with Crippen molar-refractivity contribution >= 4 is 28.9 Å². The fourth-order valence-electron chi connectivity index (χ4n) is 1.97. The summed E-state index contributed by atoms with van der Waals surface area (Å²) < 4.78 is 0. The molecule has 0 aromatic rings. The molecule has 1 atom stereocenters. The number of rotatable bonds is 9. The number of hydrogen-bond donors (Lipinski definition) is 0. The van der Waals surface area contributed by atoms with Gasteiger partial charge in [0.1, 0.15) is 0 Å². The van der Waals surface area contributed by atoms with Crippen LogP contribution >= 0.6 is 22.2 Å². The van der Waals surface area contributed by atoms with Crippen LogP contribution in [-0.4, -0.2) is 6.69 Å². The summed E-state index contributed by atoms with van der Waals surface area (Å²) in [6.45, 7) is 7.21. The molecule has 0 heterocycles. The first-order chi connectivity index (χ1) is 7.37. The second-order valence-corrected chi connectivity index (χ2v) is 13.2. The van der Waals surface area contributed by atoms with E-state index < -0.39 is 6.69 Å². The van der Waals surface area contributed by atoms with Crippen molar-refractivity contribution in [3.8, 4) is 0 Å². The van der Waals surface area contributed by atoms with Crippen LogP contribution in [-0.2, 0) is 0 Å². The molecule has 0 bridgehead atoms. The molecule has 0 aliphatic rings. The largest absolute Gasteiger partial charge is 0.251 e. The Morgan fingerprint density at radius 2 is 1.56 bits per heavy atom. The Morgan fingerprint density at radius 1 is 0.938 bits per heavy atom. The first-order valence-electron chi connectivity index (χ1n) is 6.75. The second kappa shape index (κ2) is 8.83. The van der Waals surface area contributed by atoms with E-state index in [0.717, 1.165) is 30.3 Å². The van der Waals surface area contributed by atoms with E-state index in [-0.39, 0.29) is 0 Å². The summed E-state index contributed by atoms with van der Waals surface area (Å²) in [5, 5.41) is 0. The van der Waals surface area contributed by atoms with Gasteiger partial charge in [-0.1, -0.05) is 59.8 Å². The monoisotopic (exact) mass is 282 g/mol. The van der Waals surface area contributed by atoms with E-state index in [1.165, 1.54) is 25.7 Å². The SMILES string of the molecule is CCC[Si](Cl)(Cl)CC[C@@H](C)CCCC(C)C. The zero-order valence-electron chi connectivity index (χ0n) is 11.4. The zero-order chi connectivity index (χ0) is 12.6. The van der Waals surface area contributed by atoms with E-state index in [9.17, 15) is 0 Å². The molecule has 0 aromatic heterocycles. The van der Waals surface area contributed by atoms with Crippen LogP contribution in [0, 0.1) is 11.8 Å². The maximum atomic E-state index is 6.37. The lowest BCUT2D eigenvalue weighted by molar-refractivity contribution is 0.448. The Balaban J connectivity index is 3.60. The lowest BCUT2D eigenvalue weighted by Crippen LogP contribution is -2.19. The number of hydrogen-bond acceptors (Lipinski definition) is 0. The molecule has 98 valence electrons. The third-order valence-electron chi connectivity index (χ3n) is 3.10. The average Bonchev–Trinajstić information content (AvgIpc) is 2.14. The molecular formula is C13H28Cl2Si. The van der Waals surface area contributed by atoms with E-state index in [0.29, 0.717) is 0 Å². The third kappa shape index (κ3) is 9.98. The summed E-state index contributed by atoms with van der Waals surface area (Å²) in [7, 11) is 0. The Morgan fingerprint density at radius 3 is 2.06 bits per heavy atom. The van der Waals surface area contributed by atoms with Crippen LogP contribution in [0.5, 0.6) is 0 Å². The smallest absolute Gasteiger partial charge is 0.146 e. The van der Waals surface area contributed by atoms with Gasteiger partial charge in [0.2, 0.25) is 0 Å². The summed E-state index contributed by atoms with van der Waals surface area (Å²) in [6, 6.07) is 2.13. The van der Waals surface area contributed by atoms with Crippen molar-refractivity contribution in [1.29, 1.82) is 0 Å². The van der Waals surface area contributed by atoms with Crippen LogP contribution in [0.15, 0.2) is 0 Å². The third-order valence-corrected chi connectivity index (χ3v) is 7.62. The summed E-state index contributed by atoms with van der Waals surface area (Å²) in [6.07, 6.45) is 6.39. The van der Waals surface area contributed by atoms with Gasteiger partial charge in [0.25, 0.3) is 6.69 Å². The van der Waals surface area contributed by atoms with E-state index in [2.05, 4.69) is 27.7 Å². The molecule has 0 saturated carbocycles. The average molecular weight is 283 g/mol. The second-order valence-electron chi connectivity index (χ2n) is 5.57. The van der Waals surface area contributed by atoms with Crippen molar-refractivity contribution < 1.29 is 0 Å². The Bertz CT molecular complexity index is 169. The highest BCUT2D eigenvalue weighted by atomic mass is 35.7. The molecule has 0 rings (SSSR count). The summed E-state index contributed by atoms with van der Waals surface area (Å²) in [5.41, 5.74) is 0. The van der Waals surface area contributed by atoms with Crippen LogP contribution in [0.4, 0.5) is 0 Å². The molecular weight excluding hydrogens is 255 g/mol. The lowest BCUT2D eigenvalue weighted by atomic mass is 9.98.